The summed E-state index contributed by atoms with van der Waals surface area (Å²) in [5.74, 6) is 0. The van der Waals surface area contributed by atoms with Crippen molar-refractivity contribution in [2.45, 2.75) is 0 Å². The Balaban J connectivity index is 1.18. The lowest BCUT2D eigenvalue weighted by molar-refractivity contribution is 1.43. The molecule has 36 heavy (non-hydrogen) atoms. The second-order valence-electron chi connectivity index (χ2n) is 9.28. The molecule has 2 aromatic heterocycles. The summed E-state index contributed by atoms with van der Waals surface area (Å²) >= 11 is 0. The first-order valence-electron chi connectivity index (χ1n) is 12.3. The molecule has 0 aliphatic carbocycles. The SMILES string of the molecule is c1ccc(-c2ccc3[nH]c(-c4ccc(-c5cc6cc(-c7ccccc7)ccc6[nH]5)cc4)cc3c2)cc1. The molecule has 2 nitrogen and oxygen atoms in total. The molecule has 170 valence electrons. The molecule has 7 aromatic rings. The molecule has 5 aromatic carbocycles. The molecule has 0 aliphatic rings. The van der Waals surface area contributed by atoms with Crippen LogP contribution in [-0.4, -0.2) is 9.97 Å². The number of benzene rings is 5. The van der Waals surface area contributed by atoms with Gasteiger partial charge in [-0.25, -0.2) is 0 Å². The average molecular weight is 461 g/mol. The summed E-state index contributed by atoms with van der Waals surface area (Å²) in [6.45, 7) is 0. The van der Waals surface area contributed by atoms with Crippen molar-refractivity contribution >= 4 is 21.8 Å². The van der Waals surface area contributed by atoms with Gasteiger partial charge in [-0.05, 0) is 69.8 Å². The largest absolute Gasteiger partial charge is 0.355 e. The van der Waals surface area contributed by atoms with Crippen LogP contribution in [0.25, 0.3) is 66.6 Å². The highest BCUT2D eigenvalue weighted by Crippen LogP contribution is 2.32. The van der Waals surface area contributed by atoms with Crippen LogP contribution in [0.3, 0.4) is 0 Å². The second-order valence-corrected chi connectivity index (χ2v) is 9.28. The Kier molecular flexibility index (Phi) is 4.82. The molecule has 0 bridgehead atoms. The van der Waals surface area contributed by atoms with Crippen LogP contribution < -0.4 is 0 Å². The van der Waals surface area contributed by atoms with E-state index in [2.05, 4.69) is 143 Å². The molecule has 0 atom stereocenters. The molecule has 0 spiro atoms. The summed E-state index contributed by atoms with van der Waals surface area (Å²) in [6, 6.07) is 47.5. The van der Waals surface area contributed by atoms with Gasteiger partial charge in [0.25, 0.3) is 0 Å². The van der Waals surface area contributed by atoms with Gasteiger partial charge in [0.05, 0.1) is 0 Å². The quantitative estimate of drug-likeness (QED) is 0.262. The van der Waals surface area contributed by atoms with E-state index in [-0.39, 0.29) is 0 Å². The number of fused-ring (bicyclic) bond motifs is 2. The first-order chi connectivity index (χ1) is 17.8. The predicted molar refractivity (Wildman–Crippen MR) is 152 cm³/mol. The number of rotatable bonds is 4. The molecule has 0 unspecified atom stereocenters. The fraction of sp³-hybridized carbons (Fsp3) is 0. The van der Waals surface area contributed by atoms with Gasteiger partial charge in [0.2, 0.25) is 0 Å². The van der Waals surface area contributed by atoms with E-state index < -0.39 is 0 Å². The first-order valence-corrected chi connectivity index (χ1v) is 12.3. The maximum absolute atomic E-state index is 3.59. The first kappa shape index (κ1) is 20.5. The molecule has 0 amide bonds. The summed E-state index contributed by atoms with van der Waals surface area (Å²) in [4.78, 5) is 7.17. The van der Waals surface area contributed by atoms with Crippen molar-refractivity contribution in [3.05, 3.63) is 133 Å². The van der Waals surface area contributed by atoms with Crippen molar-refractivity contribution in [1.82, 2.24) is 9.97 Å². The van der Waals surface area contributed by atoms with Gasteiger partial charge >= 0.3 is 0 Å². The van der Waals surface area contributed by atoms with Gasteiger partial charge in [-0.2, -0.15) is 0 Å². The molecule has 0 saturated carbocycles. The zero-order valence-corrected chi connectivity index (χ0v) is 19.7. The molecular formula is C34H24N2. The number of hydrogen-bond acceptors (Lipinski definition) is 0. The summed E-state index contributed by atoms with van der Waals surface area (Å²) in [7, 11) is 0. The predicted octanol–water partition coefficient (Wildman–Crippen LogP) is 9.32. The van der Waals surface area contributed by atoms with Crippen LogP contribution in [0.4, 0.5) is 0 Å². The number of aromatic nitrogens is 2. The average Bonchev–Trinajstić information content (AvgIpc) is 3.58. The van der Waals surface area contributed by atoms with Crippen LogP contribution in [0.1, 0.15) is 0 Å². The van der Waals surface area contributed by atoms with E-state index in [9.17, 15) is 0 Å². The Morgan fingerprint density at radius 3 is 1.11 bits per heavy atom. The van der Waals surface area contributed by atoms with Crippen molar-refractivity contribution in [2.24, 2.45) is 0 Å². The Bertz CT molecular complexity index is 1670. The normalized spacial score (nSPS) is 11.3. The lowest BCUT2D eigenvalue weighted by atomic mass is 10.0. The molecule has 0 radical (unpaired) electrons. The Morgan fingerprint density at radius 1 is 0.306 bits per heavy atom. The number of H-pyrrole nitrogens is 2. The number of aromatic amines is 2. The molecule has 0 saturated heterocycles. The van der Waals surface area contributed by atoms with Crippen LogP contribution in [0.2, 0.25) is 0 Å². The van der Waals surface area contributed by atoms with Crippen LogP contribution in [0.5, 0.6) is 0 Å². The van der Waals surface area contributed by atoms with Crippen LogP contribution >= 0.6 is 0 Å². The summed E-state index contributed by atoms with van der Waals surface area (Å²) < 4.78 is 0. The standard InChI is InChI=1S/C34H24N2/c1-3-7-23(8-4-1)27-15-17-31-29(19-27)21-33(35-31)25-11-13-26(14-12-25)34-22-30-20-28(16-18-32(30)36-34)24-9-5-2-6-10-24/h1-22,35-36H. The fourth-order valence-electron chi connectivity index (χ4n) is 5.03. The van der Waals surface area contributed by atoms with E-state index in [0.717, 1.165) is 22.4 Å². The summed E-state index contributed by atoms with van der Waals surface area (Å²) in [6.07, 6.45) is 0. The maximum Gasteiger partial charge on any atom is 0.0464 e. The third-order valence-corrected chi connectivity index (χ3v) is 6.96. The van der Waals surface area contributed by atoms with E-state index >= 15 is 0 Å². The molecule has 0 fully saturated rings. The highest BCUT2D eigenvalue weighted by atomic mass is 14.7. The lowest BCUT2D eigenvalue weighted by Crippen LogP contribution is -1.80. The molecule has 0 aliphatic heterocycles. The Morgan fingerprint density at radius 2 is 0.694 bits per heavy atom. The third-order valence-electron chi connectivity index (χ3n) is 6.96. The van der Waals surface area contributed by atoms with Crippen LogP contribution in [0.15, 0.2) is 133 Å². The second kappa shape index (κ2) is 8.44. The van der Waals surface area contributed by atoms with Crippen molar-refractivity contribution in [3.63, 3.8) is 0 Å². The molecule has 2 heterocycles. The van der Waals surface area contributed by atoms with Crippen molar-refractivity contribution in [2.75, 3.05) is 0 Å². The fourth-order valence-corrected chi connectivity index (χ4v) is 5.03. The summed E-state index contributed by atoms with van der Waals surface area (Å²) in [5, 5.41) is 2.44. The minimum absolute atomic E-state index is 1.13. The minimum atomic E-state index is 1.13. The maximum atomic E-state index is 3.59. The van der Waals surface area contributed by atoms with Gasteiger partial charge < -0.3 is 9.97 Å². The topological polar surface area (TPSA) is 31.6 Å². The van der Waals surface area contributed by atoms with Crippen LogP contribution in [0, 0.1) is 0 Å². The smallest absolute Gasteiger partial charge is 0.0464 e. The number of nitrogens with one attached hydrogen (secondary N) is 2. The molecule has 7 rings (SSSR count). The zero-order chi connectivity index (χ0) is 23.9. The van der Waals surface area contributed by atoms with Gasteiger partial charge in [-0.3, -0.25) is 0 Å². The van der Waals surface area contributed by atoms with Gasteiger partial charge in [0.15, 0.2) is 0 Å². The van der Waals surface area contributed by atoms with Gasteiger partial charge in [0, 0.05) is 33.2 Å². The Labute approximate surface area is 209 Å². The van der Waals surface area contributed by atoms with E-state index in [1.165, 1.54) is 44.2 Å². The van der Waals surface area contributed by atoms with Crippen LogP contribution in [-0.2, 0) is 0 Å². The van der Waals surface area contributed by atoms with Gasteiger partial charge in [-0.15, -0.1) is 0 Å². The van der Waals surface area contributed by atoms with E-state index in [1.807, 2.05) is 0 Å². The molecule has 2 heteroatoms. The monoisotopic (exact) mass is 460 g/mol. The molecular weight excluding hydrogens is 436 g/mol. The summed E-state index contributed by atoms with van der Waals surface area (Å²) in [5.41, 5.74) is 11.9. The Hall–Kier alpha value is -4.82. The van der Waals surface area contributed by atoms with Crippen molar-refractivity contribution < 1.29 is 0 Å². The zero-order valence-electron chi connectivity index (χ0n) is 19.7. The van der Waals surface area contributed by atoms with E-state index in [4.69, 9.17) is 0 Å². The van der Waals surface area contributed by atoms with E-state index in [1.54, 1.807) is 0 Å². The van der Waals surface area contributed by atoms with E-state index in [0.29, 0.717) is 0 Å². The number of hydrogen-bond donors (Lipinski definition) is 2. The highest BCUT2D eigenvalue weighted by Gasteiger charge is 2.08. The highest BCUT2D eigenvalue weighted by molar-refractivity contribution is 5.91. The van der Waals surface area contributed by atoms with Gasteiger partial charge in [-0.1, -0.05) is 97.1 Å². The van der Waals surface area contributed by atoms with Gasteiger partial charge in [0.1, 0.15) is 0 Å². The minimum Gasteiger partial charge on any atom is -0.355 e. The lowest BCUT2D eigenvalue weighted by Gasteiger charge is -2.01. The third kappa shape index (κ3) is 3.70. The van der Waals surface area contributed by atoms with Crippen molar-refractivity contribution in [3.8, 4) is 44.8 Å². The molecule has 2 N–H and O–H groups in total. The van der Waals surface area contributed by atoms with Crippen molar-refractivity contribution in [1.29, 1.82) is 0 Å².